The van der Waals surface area contributed by atoms with Crippen LogP contribution in [-0.4, -0.2) is 13.7 Å². The molecule has 1 atom stereocenters. The van der Waals surface area contributed by atoms with Crippen molar-refractivity contribution in [2.75, 3.05) is 13.7 Å². The first-order chi connectivity index (χ1) is 9.17. The van der Waals surface area contributed by atoms with E-state index in [4.69, 9.17) is 4.74 Å². The third-order valence-corrected chi connectivity index (χ3v) is 5.22. The molecule has 0 bridgehead atoms. The first-order valence-corrected chi connectivity index (χ1v) is 7.90. The lowest BCUT2D eigenvalue weighted by molar-refractivity contribution is 0.404. The van der Waals surface area contributed by atoms with E-state index in [1.54, 1.807) is 18.4 Å². The van der Waals surface area contributed by atoms with E-state index >= 15 is 0 Å². The molecule has 0 aliphatic carbocycles. The highest BCUT2D eigenvalue weighted by Crippen LogP contribution is 2.37. The Bertz CT molecular complexity index is 533. The Labute approximate surface area is 126 Å². The average Bonchev–Trinajstić information content (AvgIpc) is 2.76. The molecule has 0 fully saturated rings. The lowest BCUT2D eigenvalue weighted by Crippen LogP contribution is -2.21. The van der Waals surface area contributed by atoms with Gasteiger partial charge in [-0.1, -0.05) is 25.1 Å². The second-order valence-corrected chi connectivity index (χ2v) is 6.74. The number of aryl methyl sites for hydroxylation is 1. The van der Waals surface area contributed by atoms with E-state index in [9.17, 15) is 0 Å². The summed E-state index contributed by atoms with van der Waals surface area (Å²) in [5.41, 5.74) is 2.46. The van der Waals surface area contributed by atoms with Gasteiger partial charge in [-0.25, -0.2) is 0 Å². The van der Waals surface area contributed by atoms with Crippen LogP contribution in [0.5, 0.6) is 5.75 Å². The van der Waals surface area contributed by atoms with Crippen LogP contribution in [0.4, 0.5) is 0 Å². The van der Waals surface area contributed by atoms with E-state index in [1.807, 2.05) is 12.1 Å². The minimum Gasteiger partial charge on any atom is -0.496 e. The molecule has 19 heavy (non-hydrogen) atoms. The molecule has 1 heterocycles. The fourth-order valence-corrected chi connectivity index (χ4v) is 3.76. The molecule has 0 amide bonds. The first kappa shape index (κ1) is 14.6. The van der Waals surface area contributed by atoms with Crippen LogP contribution in [0, 0.1) is 6.92 Å². The van der Waals surface area contributed by atoms with E-state index in [0.29, 0.717) is 0 Å². The van der Waals surface area contributed by atoms with Crippen LogP contribution in [0.25, 0.3) is 0 Å². The smallest absolute Gasteiger partial charge is 0.124 e. The second-order valence-electron chi connectivity index (χ2n) is 4.34. The molecule has 0 saturated heterocycles. The van der Waals surface area contributed by atoms with Crippen LogP contribution < -0.4 is 10.1 Å². The van der Waals surface area contributed by atoms with Gasteiger partial charge in [0.1, 0.15) is 5.75 Å². The molecule has 102 valence electrons. The zero-order valence-electron chi connectivity index (χ0n) is 11.4. The number of hydrogen-bond donors (Lipinski definition) is 1. The van der Waals surface area contributed by atoms with Gasteiger partial charge in [0.15, 0.2) is 0 Å². The van der Waals surface area contributed by atoms with Gasteiger partial charge in [-0.2, -0.15) is 0 Å². The van der Waals surface area contributed by atoms with E-state index in [2.05, 4.69) is 53.3 Å². The molecule has 0 aliphatic rings. The molecule has 0 aliphatic heterocycles. The Morgan fingerprint density at radius 1 is 1.37 bits per heavy atom. The molecule has 4 heteroatoms. The van der Waals surface area contributed by atoms with Crippen molar-refractivity contribution in [2.24, 2.45) is 0 Å². The normalized spacial score (nSPS) is 12.4. The van der Waals surface area contributed by atoms with E-state index < -0.39 is 0 Å². The number of methoxy groups -OCH3 is 1. The number of para-hydroxylation sites is 1. The molecular weight excluding hydrogens is 322 g/mol. The third kappa shape index (κ3) is 3.19. The molecule has 0 radical (unpaired) electrons. The highest BCUT2D eigenvalue weighted by Gasteiger charge is 2.19. The molecule has 1 aromatic heterocycles. The number of benzene rings is 1. The monoisotopic (exact) mass is 339 g/mol. The van der Waals surface area contributed by atoms with Crippen LogP contribution in [0.2, 0.25) is 0 Å². The van der Waals surface area contributed by atoms with Gasteiger partial charge in [0.2, 0.25) is 0 Å². The first-order valence-electron chi connectivity index (χ1n) is 6.29. The topological polar surface area (TPSA) is 21.3 Å². The maximum atomic E-state index is 5.48. The van der Waals surface area contributed by atoms with Gasteiger partial charge >= 0.3 is 0 Å². The summed E-state index contributed by atoms with van der Waals surface area (Å²) in [6, 6.07) is 10.6. The van der Waals surface area contributed by atoms with Crippen LogP contribution in [0.3, 0.4) is 0 Å². The zero-order chi connectivity index (χ0) is 13.8. The van der Waals surface area contributed by atoms with Crippen molar-refractivity contribution >= 4 is 27.3 Å². The molecule has 1 unspecified atom stereocenters. The SMILES string of the molecule is CCNC(c1cc(C)c(Br)s1)c1ccccc1OC. The maximum Gasteiger partial charge on any atom is 0.124 e. The minimum atomic E-state index is 0.177. The Balaban J connectivity index is 2.44. The fourth-order valence-electron chi connectivity index (χ4n) is 2.10. The Morgan fingerprint density at radius 3 is 2.68 bits per heavy atom. The van der Waals surface area contributed by atoms with Crippen molar-refractivity contribution in [3.63, 3.8) is 0 Å². The van der Waals surface area contributed by atoms with E-state index in [-0.39, 0.29) is 6.04 Å². The maximum absolute atomic E-state index is 5.48. The molecular formula is C15H18BrNOS. The van der Waals surface area contributed by atoms with Crippen molar-refractivity contribution < 1.29 is 4.74 Å². The number of halogens is 1. The Kier molecular flexibility index (Phi) is 5.02. The number of rotatable bonds is 5. The highest BCUT2D eigenvalue weighted by molar-refractivity contribution is 9.11. The summed E-state index contributed by atoms with van der Waals surface area (Å²) in [6.45, 7) is 5.16. The largest absolute Gasteiger partial charge is 0.496 e. The van der Waals surface area contributed by atoms with Gasteiger partial charge in [0, 0.05) is 10.4 Å². The number of thiophene rings is 1. The van der Waals surface area contributed by atoms with Gasteiger partial charge < -0.3 is 10.1 Å². The summed E-state index contributed by atoms with van der Waals surface area (Å²) in [5.74, 6) is 0.927. The fraction of sp³-hybridized carbons (Fsp3) is 0.333. The summed E-state index contributed by atoms with van der Waals surface area (Å²) >= 11 is 5.38. The molecule has 0 saturated carbocycles. The predicted octanol–water partition coefficient (Wildman–Crippen LogP) is 4.53. The van der Waals surface area contributed by atoms with Crippen molar-refractivity contribution in [2.45, 2.75) is 19.9 Å². The Morgan fingerprint density at radius 2 is 2.11 bits per heavy atom. The van der Waals surface area contributed by atoms with Gasteiger partial charge in [0.05, 0.1) is 16.9 Å². The average molecular weight is 340 g/mol. The van der Waals surface area contributed by atoms with E-state index in [0.717, 1.165) is 12.3 Å². The lowest BCUT2D eigenvalue weighted by Gasteiger charge is -2.19. The summed E-state index contributed by atoms with van der Waals surface area (Å²) in [7, 11) is 1.72. The minimum absolute atomic E-state index is 0.177. The standard InChI is InChI=1S/C15H18BrNOS/c1-4-17-14(13-9-10(2)15(16)19-13)11-7-5-6-8-12(11)18-3/h5-9,14,17H,4H2,1-3H3. The zero-order valence-corrected chi connectivity index (χ0v) is 13.8. The van der Waals surface area contributed by atoms with Gasteiger partial charge in [-0.05, 0) is 47.1 Å². The molecule has 1 aromatic carbocycles. The second kappa shape index (κ2) is 6.55. The lowest BCUT2D eigenvalue weighted by atomic mass is 10.0. The van der Waals surface area contributed by atoms with Crippen molar-refractivity contribution in [3.8, 4) is 5.75 Å². The van der Waals surface area contributed by atoms with Gasteiger partial charge in [-0.15, -0.1) is 11.3 Å². The number of hydrogen-bond acceptors (Lipinski definition) is 3. The van der Waals surface area contributed by atoms with Crippen LogP contribution in [0.1, 0.15) is 29.0 Å². The summed E-state index contributed by atoms with van der Waals surface area (Å²) in [4.78, 5) is 1.30. The van der Waals surface area contributed by atoms with E-state index in [1.165, 1.54) is 19.8 Å². The van der Waals surface area contributed by atoms with Crippen molar-refractivity contribution in [3.05, 3.63) is 50.1 Å². The summed E-state index contributed by atoms with van der Waals surface area (Å²) in [5, 5.41) is 3.54. The quantitative estimate of drug-likeness (QED) is 0.864. The molecule has 0 spiro atoms. The van der Waals surface area contributed by atoms with Crippen LogP contribution in [0.15, 0.2) is 34.1 Å². The predicted molar refractivity (Wildman–Crippen MR) is 85.3 cm³/mol. The van der Waals surface area contributed by atoms with Crippen LogP contribution >= 0.6 is 27.3 Å². The highest BCUT2D eigenvalue weighted by atomic mass is 79.9. The van der Waals surface area contributed by atoms with Crippen molar-refractivity contribution in [1.29, 1.82) is 0 Å². The molecule has 2 rings (SSSR count). The van der Waals surface area contributed by atoms with Crippen molar-refractivity contribution in [1.82, 2.24) is 5.32 Å². The molecule has 1 N–H and O–H groups in total. The molecule has 2 aromatic rings. The number of nitrogens with one attached hydrogen (secondary N) is 1. The number of ether oxygens (including phenoxy) is 1. The van der Waals surface area contributed by atoms with Gasteiger partial charge in [-0.3, -0.25) is 0 Å². The third-order valence-electron chi connectivity index (χ3n) is 3.02. The summed E-state index contributed by atoms with van der Waals surface area (Å²) < 4.78 is 6.68. The van der Waals surface area contributed by atoms with Gasteiger partial charge in [0.25, 0.3) is 0 Å². The Hall–Kier alpha value is -0.840. The summed E-state index contributed by atoms with van der Waals surface area (Å²) in [6.07, 6.45) is 0. The van der Waals surface area contributed by atoms with Crippen LogP contribution in [-0.2, 0) is 0 Å². The molecule has 2 nitrogen and oxygen atoms in total.